The molecule has 1 rings (SSSR count). The van der Waals surface area contributed by atoms with Crippen molar-refractivity contribution in [3.63, 3.8) is 0 Å². The Balaban J connectivity index is 2.31. The van der Waals surface area contributed by atoms with E-state index < -0.39 is 0 Å². The van der Waals surface area contributed by atoms with E-state index in [4.69, 9.17) is 0 Å². The number of carbonyl (C=O) groups is 1. The first-order valence-electron chi connectivity index (χ1n) is 1.71. The minimum atomic E-state index is -0.0741. The molecule has 0 saturated carbocycles. The van der Waals surface area contributed by atoms with Crippen molar-refractivity contribution in [1.82, 2.24) is 0 Å². The number of epoxide rings is 1. The van der Waals surface area contributed by atoms with Crippen LogP contribution in [-0.2, 0) is 9.53 Å². The van der Waals surface area contributed by atoms with Gasteiger partial charge in [-0.25, -0.2) is 0 Å². The maximum atomic E-state index is 10.0. The number of carbonyl (C=O) groups excluding carboxylic acids is 1. The van der Waals surface area contributed by atoms with E-state index in [1.165, 1.54) is 0 Å². The molecule has 3 heteroatoms. The quantitative estimate of drug-likeness (QED) is 0.340. The summed E-state index contributed by atoms with van der Waals surface area (Å²) < 4.78 is 4.60. The van der Waals surface area contributed by atoms with Crippen LogP contribution in [0.1, 0.15) is 0 Å². The molecule has 0 aromatic heterocycles. The van der Waals surface area contributed by atoms with Gasteiger partial charge in [0.05, 0.1) is 6.61 Å². The summed E-state index contributed by atoms with van der Waals surface area (Å²) in [6.07, 6.45) is -0.0741. The van der Waals surface area contributed by atoms with Crippen molar-refractivity contribution in [1.29, 1.82) is 0 Å². The lowest BCUT2D eigenvalue weighted by Crippen LogP contribution is -1.92. The molecular formula is C3H5O2P. The lowest BCUT2D eigenvalue weighted by atomic mass is 10.5. The Hall–Kier alpha value is 0.0600. The van der Waals surface area contributed by atoms with E-state index in [9.17, 15) is 4.79 Å². The van der Waals surface area contributed by atoms with E-state index in [0.29, 0.717) is 6.61 Å². The van der Waals surface area contributed by atoms with Crippen molar-refractivity contribution in [3.05, 3.63) is 0 Å². The molecule has 1 heterocycles. The summed E-state index contributed by atoms with van der Waals surface area (Å²) in [5.74, 6) is 0. The van der Waals surface area contributed by atoms with Crippen LogP contribution in [0.25, 0.3) is 0 Å². The molecule has 34 valence electrons. The lowest BCUT2D eigenvalue weighted by Gasteiger charge is -1.72. The number of ether oxygens (including phenoxy) is 1. The van der Waals surface area contributed by atoms with E-state index in [2.05, 4.69) is 14.0 Å². The third-order valence-electron chi connectivity index (χ3n) is 0.651. The Bertz CT molecular complexity index is 76.9. The van der Waals surface area contributed by atoms with Gasteiger partial charge in [0.25, 0.3) is 0 Å². The molecule has 1 aliphatic heterocycles. The molecule has 0 spiro atoms. The van der Waals surface area contributed by atoms with Crippen molar-refractivity contribution in [2.75, 3.05) is 6.61 Å². The van der Waals surface area contributed by atoms with E-state index >= 15 is 0 Å². The predicted octanol–water partition coefficient (Wildman–Crippen LogP) is -0.213. The van der Waals surface area contributed by atoms with Gasteiger partial charge in [-0.15, -0.1) is 0 Å². The average Bonchev–Trinajstić information content (AvgIpc) is 2.06. The molecule has 0 aliphatic carbocycles. The van der Waals surface area contributed by atoms with Gasteiger partial charge in [0.15, 0.2) is 5.52 Å². The average molecular weight is 104 g/mol. The van der Waals surface area contributed by atoms with Gasteiger partial charge < -0.3 is 4.74 Å². The summed E-state index contributed by atoms with van der Waals surface area (Å²) >= 11 is 0. The normalized spacial score (nSPS) is 29.8. The largest absolute Gasteiger partial charge is 0.364 e. The molecule has 6 heavy (non-hydrogen) atoms. The SMILES string of the molecule is O=C(P)C1CO1. The first-order valence-corrected chi connectivity index (χ1v) is 2.29. The van der Waals surface area contributed by atoms with E-state index in [1.54, 1.807) is 0 Å². The highest BCUT2D eigenvalue weighted by atomic mass is 31.0. The maximum absolute atomic E-state index is 10.0. The van der Waals surface area contributed by atoms with E-state index in [1.807, 2.05) is 0 Å². The minimum absolute atomic E-state index is 0.0648. The topological polar surface area (TPSA) is 29.6 Å². The summed E-state index contributed by atoms with van der Waals surface area (Å²) in [6.45, 7) is 0.627. The summed E-state index contributed by atoms with van der Waals surface area (Å²) in [6, 6.07) is 0. The Morgan fingerprint density at radius 3 is 2.50 bits per heavy atom. The van der Waals surface area contributed by atoms with Crippen LogP contribution in [0.5, 0.6) is 0 Å². The first kappa shape index (κ1) is 4.23. The molecule has 0 amide bonds. The number of hydrogen-bond acceptors (Lipinski definition) is 2. The molecule has 0 N–H and O–H groups in total. The molecule has 2 nitrogen and oxygen atoms in total. The zero-order valence-corrected chi connectivity index (χ0v) is 4.33. The number of rotatable bonds is 1. The predicted molar refractivity (Wildman–Crippen MR) is 24.5 cm³/mol. The smallest absolute Gasteiger partial charge is 0.179 e. The Labute approximate surface area is 38.1 Å². The van der Waals surface area contributed by atoms with Crippen molar-refractivity contribution < 1.29 is 9.53 Å². The third kappa shape index (κ3) is 0.763. The Morgan fingerprint density at radius 1 is 2.00 bits per heavy atom. The van der Waals surface area contributed by atoms with Crippen LogP contribution in [0.2, 0.25) is 0 Å². The minimum Gasteiger partial charge on any atom is -0.364 e. The molecule has 0 radical (unpaired) electrons. The van der Waals surface area contributed by atoms with Gasteiger partial charge in [-0.1, -0.05) is 9.24 Å². The summed E-state index contributed by atoms with van der Waals surface area (Å²) in [5.41, 5.74) is 0.0648. The summed E-state index contributed by atoms with van der Waals surface area (Å²) in [5, 5.41) is 0. The van der Waals surface area contributed by atoms with Gasteiger partial charge >= 0.3 is 0 Å². The molecule has 1 saturated heterocycles. The second-order valence-electron chi connectivity index (χ2n) is 1.22. The molecule has 2 atom stereocenters. The lowest BCUT2D eigenvalue weighted by molar-refractivity contribution is -0.112. The highest BCUT2D eigenvalue weighted by Gasteiger charge is 2.27. The van der Waals surface area contributed by atoms with Crippen molar-refractivity contribution >= 4 is 14.8 Å². The fraction of sp³-hybridized carbons (Fsp3) is 0.667. The fourth-order valence-corrected chi connectivity index (χ4v) is 0.405. The molecule has 0 aromatic rings. The van der Waals surface area contributed by atoms with E-state index in [0.717, 1.165) is 0 Å². The molecule has 1 fully saturated rings. The van der Waals surface area contributed by atoms with Gasteiger partial charge in [-0.2, -0.15) is 0 Å². The summed E-state index contributed by atoms with van der Waals surface area (Å²) in [4.78, 5) is 10.0. The standard InChI is InChI=1S/C3H5O2P/c4-3(6)2-1-5-2/h2H,1,6H2. The zero-order chi connectivity index (χ0) is 4.57. The first-order chi connectivity index (χ1) is 2.80. The molecule has 2 unspecified atom stereocenters. The van der Waals surface area contributed by atoms with E-state index in [-0.39, 0.29) is 11.6 Å². The van der Waals surface area contributed by atoms with Crippen LogP contribution in [0.15, 0.2) is 0 Å². The Kier molecular flexibility index (Phi) is 0.904. The third-order valence-corrected chi connectivity index (χ3v) is 1.02. The van der Waals surface area contributed by atoms with Crippen LogP contribution < -0.4 is 0 Å². The zero-order valence-electron chi connectivity index (χ0n) is 3.18. The van der Waals surface area contributed by atoms with Crippen LogP contribution in [0.4, 0.5) is 0 Å². The monoisotopic (exact) mass is 104 g/mol. The van der Waals surface area contributed by atoms with Gasteiger partial charge in [-0.3, -0.25) is 4.79 Å². The summed E-state index contributed by atoms with van der Waals surface area (Å²) in [7, 11) is 2.07. The van der Waals surface area contributed by atoms with Gasteiger partial charge in [-0.05, 0) is 0 Å². The fourth-order valence-electron chi connectivity index (χ4n) is 0.212. The maximum Gasteiger partial charge on any atom is 0.179 e. The second kappa shape index (κ2) is 1.28. The van der Waals surface area contributed by atoms with Gasteiger partial charge in [0.2, 0.25) is 0 Å². The van der Waals surface area contributed by atoms with Crippen molar-refractivity contribution in [2.24, 2.45) is 0 Å². The molecule has 0 aromatic carbocycles. The highest BCUT2D eigenvalue weighted by molar-refractivity contribution is 7.40. The number of hydrogen-bond donors (Lipinski definition) is 0. The van der Waals surface area contributed by atoms with Gasteiger partial charge in [0, 0.05) is 0 Å². The van der Waals surface area contributed by atoms with Crippen LogP contribution in [0.3, 0.4) is 0 Å². The second-order valence-corrected chi connectivity index (χ2v) is 1.79. The van der Waals surface area contributed by atoms with Crippen LogP contribution >= 0.6 is 9.24 Å². The molecule has 0 bridgehead atoms. The highest BCUT2D eigenvalue weighted by Crippen LogP contribution is 2.12. The van der Waals surface area contributed by atoms with Gasteiger partial charge in [0.1, 0.15) is 6.10 Å². The van der Waals surface area contributed by atoms with Crippen molar-refractivity contribution in [3.8, 4) is 0 Å². The molecule has 1 aliphatic rings. The van der Waals surface area contributed by atoms with Crippen LogP contribution in [0, 0.1) is 0 Å². The van der Waals surface area contributed by atoms with Crippen molar-refractivity contribution in [2.45, 2.75) is 6.10 Å². The molecular weight excluding hydrogens is 99.0 g/mol. The van der Waals surface area contributed by atoms with Crippen LogP contribution in [-0.4, -0.2) is 18.2 Å². The Morgan fingerprint density at radius 2 is 2.50 bits per heavy atom.